The van der Waals surface area contributed by atoms with Gasteiger partial charge in [0.25, 0.3) is 0 Å². The lowest BCUT2D eigenvalue weighted by Gasteiger charge is -2.39. The minimum atomic E-state index is -0.791. The highest BCUT2D eigenvalue weighted by Crippen LogP contribution is 2.42. The number of hydrogen-bond acceptors (Lipinski definition) is 5. The Morgan fingerprint density at radius 2 is 1.79 bits per heavy atom. The molecule has 1 fully saturated rings. The molecule has 2 rings (SSSR count). The van der Waals surface area contributed by atoms with Crippen LogP contribution in [0.2, 0.25) is 0 Å². The lowest BCUT2D eigenvalue weighted by molar-refractivity contribution is -0.166. The third kappa shape index (κ3) is 2.04. The van der Waals surface area contributed by atoms with Gasteiger partial charge in [-0.3, -0.25) is 4.79 Å². The Morgan fingerprint density at radius 1 is 1.16 bits per heavy atom. The highest BCUT2D eigenvalue weighted by molar-refractivity contribution is 5.86. The number of carbonyl (C=O) groups is 1. The molecule has 5 nitrogen and oxygen atoms in total. The molecule has 1 aliphatic heterocycles. The van der Waals surface area contributed by atoms with Crippen LogP contribution in [0, 0.1) is 6.92 Å². The van der Waals surface area contributed by atoms with Crippen LogP contribution in [-0.4, -0.2) is 40.5 Å². The summed E-state index contributed by atoms with van der Waals surface area (Å²) in [6.45, 7) is 2.51. The van der Waals surface area contributed by atoms with Gasteiger partial charge in [-0.1, -0.05) is 0 Å². The van der Waals surface area contributed by atoms with E-state index in [1.165, 1.54) is 7.11 Å². The zero-order valence-electron chi connectivity index (χ0n) is 11.6. The summed E-state index contributed by atoms with van der Waals surface area (Å²) in [6, 6.07) is 3.69. The lowest BCUT2D eigenvalue weighted by Crippen LogP contribution is -2.53. The van der Waals surface area contributed by atoms with E-state index in [-0.39, 0.29) is 5.97 Å². The average Bonchev–Trinajstić information content (AvgIpc) is 2.38. The summed E-state index contributed by atoms with van der Waals surface area (Å²) in [5.41, 5.74) is 0.903. The van der Waals surface area contributed by atoms with Gasteiger partial charge in [0.05, 0.1) is 34.5 Å². The van der Waals surface area contributed by atoms with Crippen LogP contribution in [0.4, 0.5) is 0 Å². The second-order valence-corrected chi connectivity index (χ2v) is 4.59. The monoisotopic (exact) mass is 266 g/mol. The molecule has 0 radical (unpaired) electrons. The van der Waals surface area contributed by atoms with E-state index in [0.29, 0.717) is 24.7 Å². The van der Waals surface area contributed by atoms with Crippen molar-refractivity contribution in [3.05, 3.63) is 23.3 Å². The van der Waals surface area contributed by atoms with E-state index in [4.69, 9.17) is 18.9 Å². The van der Waals surface area contributed by atoms with Crippen molar-refractivity contribution in [3.63, 3.8) is 0 Å². The molecule has 1 aromatic rings. The Hall–Kier alpha value is -1.75. The SMILES string of the molecule is COC(=O)C1(c2cc(OC)c(C)cc2OC)COC1. The van der Waals surface area contributed by atoms with Crippen LogP contribution in [0.1, 0.15) is 11.1 Å². The summed E-state index contributed by atoms with van der Waals surface area (Å²) < 4.78 is 20.8. The minimum Gasteiger partial charge on any atom is -0.496 e. The van der Waals surface area contributed by atoms with Gasteiger partial charge in [0.15, 0.2) is 0 Å². The molecule has 0 spiro atoms. The lowest BCUT2D eigenvalue weighted by atomic mass is 9.77. The van der Waals surface area contributed by atoms with E-state index < -0.39 is 5.41 Å². The zero-order chi connectivity index (χ0) is 14.0. The van der Waals surface area contributed by atoms with E-state index in [9.17, 15) is 4.79 Å². The van der Waals surface area contributed by atoms with Gasteiger partial charge in [-0.25, -0.2) is 0 Å². The van der Waals surface area contributed by atoms with Gasteiger partial charge < -0.3 is 18.9 Å². The van der Waals surface area contributed by atoms with Gasteiger partial charge in [0, 0.05) is 5.56 Å². The van der Waals surface area contributed by atoms with Crippen LogP contribution in [0.25, 0.3) is 0 Å². The third-order valence-corrected chi connectivity index (χ3v) is 3.51. The fourth-order valence-electron chi connectivity index (χ4n) is 2.31. The Bertz CT molecular complexity index is 491. The predicted molar refractivity (Wildman–Crippen MR) is 68.8 cm³/mol. The largest absolute Gasteiger partial charge is 0.496 e. The van der Waals surface area contributed by atoms with Crippen LogP contribution >= 0.6 is 0 Å². The summed E-state index contributed by atoms with van der Waals surface area (Å²) in [5.74, 6) is 1.04. The fraction of sp³-hybridized carbons (Fsp3) is 0.500. The molecular formula is C14H18O5. The number of esters is 1. The molecule has 1 saturated heterocycles. The maximum atomic E-state index is 12.1. The molecule has 104 valence electrons. The topological polar surface area (TPSA) is 54.0 Å². The first-order chi connectivity index (χ1) is 9.08. The predicted octanol–water partition coefficient (Wildman–Crippen LogP) is 1.45. The Kier molecular flexibility index (Phi) is 3.66. The highest BCUT2D eigenvalue weighted by Gasteiger charge is 2.50. The summed E-state index contributed by atoms with van der Waals surface area (Å²) >= 11 is 0. The van der Waals surface area contributed by atoms with E-state index in [0.717, 1.165) is 11.1 Å². The van der Waals surface area contributed by atoms with E-state index in [1.807, 2.05) is 19.1 Å². The standard InChI is InChI=1S/C14H18O5/c1-9-5-12(17-3)10(6-11(9)16-2)14(7-19-8-14)13(15)18-4/h5-6H,7-8H2,1-4H3. The van der Waals surface area contributed by atoms with Gasteiger partial charge in [-0.05, 0) is 24.6 Å². The molecule has 0 saturated carbocycles. The van der Waals surface area contributed by atoms with Crippen LogP contribution in [0.15, 0.2) is 12.1 Å². The normalized spacial score (nSPS) is 16.4. The fourth-order valence-corrected chi connectivity index (χ4v) is 2.31. The second kappa shape index (κ2) is 5.09. The average molecular weight is 266 g/mol. The molecule has 0 aromatic heterocycles. The Morgan fingerprint density at radius 3 is 2.21 bits per heavy atom. The molecule has 1 aromatic carbocycles. The van der Waals surface area contributed by atoms with Crippen LogP contribution < -0.4 is 9.47 Å². The molecule has 0 aliphatic carbocycles. The number of benzene rings is 1. The van der Waals surface area contributed by atoms with Gasteiger partial charge >= 0.3 is 5.97 Å². The zero-order valence-corrected chi connectivity index (χ0v) is 11.6. The molecule has 0 N–H and O–H groups in total. The number of hydrogen-bond donors (Lipinski definition) is 0. The molecule has 1 aliphatic rings. The van der Waals surface area contributed by atoms with E-state index in [2.05, 4.69) is 0 Å². The quantitative estimate of drug-likeness (QED) is 0.772. The van der Waals surface area contributed by atoms with E-state index in [1.54, 1.807) is 14.2 Å². The molecule has 0 atom stereocenters. The van der Waals surface area contributed by atoms with Crippen molar-refractivity contribution < 1.29 is 23.7 Å². The van der Waals surface area contributed by atoms with Gasteiger partial charge in [0.2, 0.25) is 0 Å². The molecule has 19 heavy (non-hydrogen) atoms. The van der Waals surface area contributed by atoms with Crippen molar-refractivity contribution in [2.45, 2.75) is 12.3 Å². The van der Waals surface area contributed by atoms with E-state index >= 15 is 0 Å². The first-order valence-electron chi connectivity index (χ1n) is 5.98. The highest BCUT2D eigenvalue weighted by atomic mass is 16.5. The number of aryl methyl sites for hydroxylation is 1. The van der Waals surface area contributed by atoms with Crippen molar-refractivity contribution in [1.82, 2.24) is 0 Å². The van der Waals surface area contributed by atoms with Gasteiger partial charge in [0.1, 0.15) is 16.9 Å². The first-order valence-corrected chi connectivity index (χ1v) is 5.98. The minimum absolute atomic E-state index is 0.294. The molecule has 0 bridgehead atoms. The summed E-state index contributed by atoms with van der Waals surface area (Å²) in [6.07, 6.45) is 0. The van der Waals surface area contributed by atoms with Crippen LogP contribution in [0.5, 0.6) is 11.5 Å². The number of carbonyl (C=O) groups excluding carboxylic acids is 1. The first kappa shape index (κ1) is 13.7. The van der Waals surface area contributed by atoms with Gasteiger partial charge in [-0.15, -0.1) is 0 Å². The van der Waals surface area contributed by atoms with Crippen LogP contribution in [-0.2, 0) is 19.7 Å². The van der Waals surface area contributed by atoms with Gasteiger partial charge in [-0.2, -0.15) is 0 Å². The van der Waals surface area contributed by atoms with Crippen LogP contribution in [0.3, 0.4) is 0 Å². The maximum absolute atomic E-state index is 12.1. The van der Waals surface area contributed by atoms with Crippen molar-refractivity contribution in [1.29, 1.82) is 0 Å². The van der Waals surface area contributed by atoms with Crippen molar-refractivity contribution in [3.8, 4) is 11.5 Å². The number of ether oxygens (including phenoxy) is 4. The molecule has 0 unspecified atom stereocenters. The second-order valence-electron chi connectivity index (χ2n) is 4.59. The summed E-state index contributed by atoms with van der Waals surface area (Å²) in [5, 5.41) is 0. The number of rotatable bonds is 4. The molecule has 0 amide bonds. The molecule has 5 heteroatoms. The maximum Gasteiger partial charge on any atom is 0.321 e. The number of methoxy groups -OCH3 is 3. The van der Waals surface area contributed by atoms with Crippen molar-refractivity contribution in [2.24, 2.45) is 0 Å². The molecule has 1 heterocycles. The Balaban J connectivity index is 2.56. The third-order valence-electron chi connectivity index (χ3n) is 3.51. The van der Waals surface area contributed by atoms with Crippen molar-refractivity contribution >= 4 is 5.97 Å². The molecular weight excluding hydrogens is 248 g/mol. The smallest absolute Gasteiger partial charge is 0.321 e. The summed E-state index contributed by atoms with van der Waals surface area (Å²) in [4.78, 5) is 12.1. The Labute approximate surface area is 112 Å². The summed E-state index contributed by atoms with van der Waals surface area (Å²) in [7, 11) is 4.55. The van der Waals surface area contributed by atoms with Crippen molar-refractivity contribution in [2.75, 3.05) is 34.5 Å².